The van der Waals surface area contributed by atoms with Gasteiger partial charge in [0, 0.05) is 18.1 Å². The van der Waals surface area contributed by atoms with Crippen LogP contribution in [0.2, 0.25) is 0 Å². The first-order chi connectivity index (χ1) is 10.1. The monoisotopic (exact) mass is 285 g/mol. The topological polar surface area (TPSA) is 48.4 Å². The first-order valence-corrected chi connectivity index (χ1v) is 7.56. The molecule has 0 spiro atoms. The number of rotatable bonds is 3. The summed E-state index contributed by atoms with van der Waals surface area (Å²) in [6, 6.07) is 7.39. The van der Waals surface area contributed by atoms with Crippen molar-refractivity contribution in [1.29, 1.82) is 0 Å². The van der Waals surface area contributed by atoms with E-state index in [-0.39, 0.29) is 5.75 Å². The number of phenolic OH excluding ortho intramolecular Hbond substituents is 1. The summed E-state index contributed by atoms with van der Waals surface area (Å²) >= 11 is 0. The van der Waals surface area contributed by atoms with Gasteiger partial charge in [-0.3, -0.25) is 0 Å². The molecule has 0 saturated carbocycles. The average Bonchev–Trinajstić information content (AvgIpc) is 2.49. The number of nitrogens with zero attached hydrogens (tertiary/aromatic N) is 2. The summed E-state index contributed by atoms with van der Waals surface area (Å²) in [5, 5.41) is 15.3. The molecule has 2 aromatic rings. The Kier molecular flexibility index (Phi) is 3.72. The van der Waals surface area contributed by atoms with E-state index in [1.54, 1.807) is 12.1 Å². The van der Waals surface area contributed by atoms with Crippen molar-refractivity contribution >= 4 is 16.6 Å². The maximum absolute atomic E-state index is 9.69. The van der Waals surface area contributed by atoms with Crippen LogP contribution in [-0.2, 0) is 0 Å². The molecule has 0 bridgehead atoms. The van der Waals surface area contributed by atoms with Crippen molar-refractivity contribution in [3.8, 4) is 5.75 Å². The zero-order valence-corrected chi connectivity index (χ0v) is 12.8. The van der Waals surface area contributed by atoms with Crippen molar-refractivity contribution in [3.05, 3.63) is 30.5 Å². The third kappa shape index (κ3) is 3.10. The molecule has 0 unspecified atom stereocenters. The van der Waals surface area contributed by atoms with E-state index in [9.17, 15) is 5.11 Å². The fourth-order valence-electron chi connectivity index (χ4n) is 2.93. The van der Waals surface area contributed by atoms with E-state index in [1.165, 1.54) is 12.8 Å². The zero-order chi connectivity index (χ0) is 14.9. The number of nitrogens with one attached hydrogen (secondary N) is 1. The van der Waals surface area contributed by atoms with Crippen LogP contribution in [-0.4, -0.2) is 41.7 Å². The predicted molar refractivity (Wildman–Crippen MR) is 86.7 cm³/mol. The quantitative estimate of drug-likeness (QED) is 0.910. The van der Waals surface area contributed by atoms with E-state index in [2.05, 4.69) is 29.2 Å². The fraction of sp³-hybridized carbons (Fsp3) is 0.471. The van der Waals surface area contributed by atoms with Gasteiger partial charge in [0.25, 0.3) is 0 Å². The SMILES string of the molecule is CN1CCC(C)(CNc2nccc3ccc(O)cc23)CC1. The van der Waals surface area contributed by atoms with Crippen LogP contribution >= 0.6 is 0 Å². The van der Waals surface area contributed by atoms with Gasteiger partial charge in [-0.15, -0.1) is 0 Å². The highest BCUT2D eigenvalue weighted by Gasteiger charge is 2.28. The Morgan fingerprint density at radius 2 is 2.05 bits per heavy atom. The molecule has 1 aromatic heterocycles. The van der Waals surface area contributed by atoms with Crippen LogP contribution in [0.15, 0.2) is 30.5 Å². The van der Waals surface area contributed by atoms with Crippen molar-refractivity contribution in [2.75, 3.05) is 32.0 Å². The lowest BCUT2D eigenvalue weighted by atomic mass is 9.80. The van der Waals surface area contributed by atoms with Gasteiger partial charge in [-0.05, 0) is 62.0 Å². The highest BCUT2D eigenvalue weighted by molar-refractivity contribution is 5.92. The molecule has 2 heterocycles. The minimum absolute atomic E-state index is 0.282. The van der Waals surface area contributed by atoms with Gasteiger partial charge in [-0.25, -0.2) is 4.98 Å². The molecule has 1 fully saturated rings. The molecule has 1 aliphatic rings. The molecule has 1 aliphatic heterocycles. The number of hydrogen-bond donors (Lipinski definition) is 2. The highest BCUT2D eigenvalue weighted by Crippen LogP contribution is 2.32. The molecular weight excluding hydrogens is 262 g/mol. The number of aromatic hydroxyl groups is 1. The smallest absolute Gasteiger partial charge is 0.133 e. The van der Waals surface area contributed by atoms with Gasteiger partial charge in [-0.1, -0.05) is 13.0 Å². The summed E-state index contributed by atoms with van der Waals surface area (Å²) in [7, 11) is 2.18. The Morgan fingerprint density at radius 3 is 2.81 bits per heavy atom. The van der Waals surface area contributed by atoms with Crippen molar-refractivity contribution in [3.63, 3.8) is 0 Å². The molecule has 0 amide bonds. The molecule has 1 saturated heterocycles. The Hall–Kier alpha value is -1.81. The van der Waals surface area contributed by atoms with E-state index >= 15 is 0 Å². The second-order valence-electron chi connectivity index (χ2n) is 6.53. The number of benzene rings is 1. The number of pyridine rings is 1. The zero-order valence-electron chi connectivity index (χ0n) is 12.8. The van der Waals surface area contributed by atoms with Crippen LogP contribution < -0.4 is 5.32 Å². The van der Waals surface area contributed by atoms with Gasteiger partial charge >= 0.3 is 0 Å². The van der Waals surface area contributed by atoms with E-state index in [0.717, 1.165) is 36.2 Å². The first kappa shape index (κ1) is 14.1. The van der Waals surface area contributed by atoms with Gasteiger partial charge < -0.3 is 15.3 Å². The fourth-order valence-corrected chi connectivity index (χ4v) is 2.93. The molecule has 1 aromatic carbocycles. The lowest BCUT2D eigenvalue weighted by Crippen LogP contribution is -2.40. The predicted octanol–water partition coefficient (Wildman–Crippen LogP) is 3.08. The van der Waals surface area contributed by atoms with Gasteiger partial charge in [0.05, 0.1) is 0 Å². The third-order valence-corrected chi connectivity index (χ3v) is 4.63. The second kappa shape index (κ2) is 5.53. The lowest BCUT2D eigenvalue weighted by Gasteiger charge is -2.38. The normalized spacial score (nSPS) is 18.8. The molecule has 0 atom stereocenters. The van der Waals surface area contributed by atoms with Crippen molar-refractivity contribution in [2.45, 2.75) is 19.8 Å². The first-order valence-electron chi connectivity index (χ1n) is 7.56. The van der Waals surface area contributed by atoms with E-state index in [1.807, 2.05) is 18.3 Å². The number of hydrogen-bond acceptors (Lipinski definition) is 4. The Labute approximate surface area is 125 Å². The summed E-state index contributed by atoms with van der Waals surface area (Å²) in [4.78, 5) is 6.83. The maximum atomic E-state index is 9.69. The Bertz CT molecular complexity index is 633. The average molecular weight is 285 g/mol. The summed E-state index contributed by atoms with van der Waals surface area (Å²) < 4.78 is 0. The number of fused-ring (bicyclic) bond motifs is 1. The number of phenols is 1. The minimum atomic E-state index is 0.282. The van der Waals surface area contributed by atoms with Gasteiger partial charge in [0.1, 0.15) is 11.6 Å². The maximum Gasteiger partial charge on any atom is 0.133 e. The molecule has 0 aliphatic carbocycles. The minimum Gasteiger partial charge on any atom is -0.508 e. The largest absolute Gasteiger partial charge is 0.508 e. The van der Waals surface area contributed by atoms with E-state index < -0.39 is 0 Å². The Balaban J connectivity index is 1.77. The number of likely N-dealkylation sites (tertiary alicyclic amines) is 1. The molecule has 21 heavy (non-hydrogen) atoms. The van der Waals surface area contributed by atoms with Crippen molar-refractivity contribution in [1.82, 2.24) is 9.88 Å². The molecule has 3 rings (SSSR count). The van der Waals surface area contributed by atoms with Gasteiger partial charge in [0.2, 0.25) is 0 Å². The van der Waals surface area contributed by atoms with Crippen molar-refractivity contribution < 1.29 is 5.11 Å². The second-order valence-corrected chi connectivity index (χ2v) is 6.53. The van der Waals surface area contributed by atoms with E-state index in [4.69, 9.17) is 0 Å². The molecule has 112 valence electrons. The molecule has 2 N–H and O–H groups in total. The van der Waals surface area contributed by atoms with E-state index in [0.29, 0.717) is 5.41 Å². The molecular formula is C17H23N3O. The standard InChI is InChI=1S/C17H23N3O/c1-17(6-9-20(2)10-7-17)12-19-16-15-11-14(21)4-3-13(15)5-8-18-16/h3-5,8,11,21H,6-7,9-10,12H2,1-2H3,(H,18,19). The third-order valence-electron chi connectivity index (χ3n) is 4.63. The number of piperidine rings is 1. The number of anilines is 1. The van der Waals surface area contributed by atoms with Gasteiger partial charge in [0.15, 0.2) is 0 Å². The summed E-state index contributed by atoms with van der Waals surface area (Å²) in [5.74, 6) is 1.15. The summed E-state index contributed by atoms with van der Waals surface area (Å²) in [6.45, 7) is 5.57. The number of aromatic nitrogens is 1. The molecule has 4 heteroatoms. The van der Waals surface area contributed by atoms with Crippen LogP contribution in [0.1, 0.15) is 19.8 Å². The Morgan fingerprint density at radius 1 is 1.29 bits per heavy atom. The molecule has 4 nitrogen and oxygen atoms in total. The van der Waals surface area contributed by atoms with Crippen LogP contribution in [0, 0.1) is 5.41 Å². The lowest BCUT2D eigenvalue weighted by molar-refractivity contribution is 0.150. The highest BCUT2D eigenvalue weighted by atomic mass is 16.3. The van der Waals surface area contributed by atoms with Crippen molar-refractivity contribution in [2.24, 2.45) is 5.41 Å². The summed E-state index contributed by atoms with van der Waals surface area (Å²) in [5.41, 5.74) is 0.313. The van der Waals surface area contributed by atoms with Crippen LogP contribution in [0.3, 0.4) is 0 Å². The van der Waals surface area contributed by atoms with Crippen LogP contribution in [0.5, 0.6) is 5.75 Å². The van der Waals surface area contributed by atoms with Crippen LogP contribution in [0.25, 0.3) is 10.8 Å². The summed E-state index contributed by atoms with van der Waals surface area (Å²) in [6.07, 6.45) is 4.22. The van der Waals surface area contributed by atoms with Crippen LogP contribution in [0.4, 0.5) is 5.82 Å². The van der Waals surface area contributed by atoms with Gasteiger partial charge in [-0.2, -0.15) is 0 Å². The molecule has 0 radical (unpaired) electrons.